The summed E-state index contributed by atoms with van der Waals surface area (Å²) >= 11 is 6.00. The van der Waals surface area contributed by atoms with Gasteiger partial charge in [-0.1, -0.05) is 11.6 Å². The van der Waals surface area contributed by atoms with E-state index in [9.17, 15) is 14.4 Å². The molecule has 9 heteroatoms. The molecule has 0 spiro atoms. The van der Waals surface area contributed by atoms with E-state index in [2.05, 4.69) is 5.32 Å². The number of barbiturate groups is 1. The fourth-order valence-corrected chi connectivity index (χ4v) is 4.12. The fraction of sp³-hybridized carbons (Fsp3) is 0.125. The molecular weight excluding hydrogens is 446 g/mol. The van der Waals surface area contributed by atoms with Gasteiger partial charge in [-0.05, 0) is 68.0 Å². The Morgan fingerprint density at radius 2 is 1.64 bits per heavy atom. The zero-order valence-corrected chi connectivity index (χ0v) is 18.5. The van der Waals surface area contributed by atoms with Crippen LogP contribution in [0.2, 0.25) is 5.02 Å². The second-order valence-corrected chi connectivity index (χ2v) is 8.07. The van der Waals surface area contributed by atoms with Crippen LogP contribution >= 0.6 is 11.6 Å². The zero-order valence-electron chi connectivity index (χ0n) is 17.7. The van der Waals surface area contributed by atoms with Gasteiger partial charge < -0.3 is 14.0 Å². The van der Waals surface area contributed by atoms with Crippen molar-refractivity contribution in [1.82, 2.24) is 9.88 Å². The van der Waals surface area contributed by atoms with Crippen molar-refractivity contribution in [2.75, 3.05) is 11.7 Å². The number of aromatic nitrogens is 1. The van der Waals surface area contributed by atoms with Gasteiger partial charge in [0.2, 0.25) is 6.79 Å². The molecule has 2 aromatic carbocycles. The van der Waals surface area contributed by atoms with Gasteiger partial charge in [-0.25, -0.2) is 9.69 Å². The van der Waals surface area contributed by atoms with Crippen LogP contribution in [0.25, 0.3) is 11.8 Å². The summed E-state index contributed by atoms with van der Waals surface area (Å²) in [5.41, 5.74) is 3.44. The summed E-state index contributed by atoms with van der Waals surface area (Å²) < 4.78 is 12.6. The number of nitrogens with one attached hydrogen (secondary N) is 1. The minimum Gasteiger partial charge on any atom is -0.454 e. The lowest BCUT2D eigenvalue weighted by molar-refractivity contribution is -0.122. The Morgan fingerprint density at radius 1 is 0.939 bits per heavy atom. The summed E-state index contributed by atoms with van der Waals surface area (Å²) in [6.07, 6.45) is 1.50. The molecule has 5 rings (SSSR count). The van der Waals surface area contributed by atoms with E-state index < -0.39 is 17.8 Å². The SMILES string of the molecule is Cc1cc(/C=C2\C(=O)NC(=O)N(c3ccc4c(c3)OCO4)C2=O)c(C)n1-c1ccc(Cl)cc1. The summed E-state index contributed by atoms with van der Waals surface area (Å²) in [5.74, 6) is -0.538. The minimum atomic E-state index is -0.826. The molecule has 0 unspecified atom stereocenters. The lowest BCUT2D eigenvalue weighted by Gasteiger charge is -2.26. The van der Waals surface area contributed by atoms with Gasteiger partial charge in [-0.3, -0.25) is 14.9 Å². The fourth-order valence-electron chi connectivity index (χ4n) is 3.99. The number of nitrogens with zero attached hydrogens (tertiary/aromatic N) is 2. The monoisotopic (exact) mass is 463 g/mol. The van der Waals surface area contributed by atoms with Gasteiger partial charge in [-0.2, -0.15) is 0 Å². The van der Waals surface area contributed by atoms with Crippen LogP contribution in [0.3, 0.4) is 0 Å². The minimum absolute atomic E-state index is 0.0613. The molecule has 2 aliphatic heterocycles. The number of aryl methyl sites for hydroxylation is 1. The number of carbonyl (C=O) groups excluding carboxylic acids is 3. The van der Waals surface area contributed by atoms with Gasteiger partial charge in [0.1, 0.15) is 5.57 Å². The van der Waals surface area contributed by atoms with E-state index in [1.807, 2.05) is 36.6 Å². The first-order valence-corrected chi connectivity index (χ1v) is 10.5. The number of hydrogen-bond acceptors (Lipinski definition) is 5. The van der Waals surface area contributed by atoms with Gasteiger partial charge >= 0.3 is 6.03 Å². The molecule has 166 valence electrons. The third kappa shape index (κ3) is 3.54. The Hall–Kier alpha value is -4.04. The van der Waals surface area contributed by atoms with E-state index in [0.717, 1.165) is 22.0 Å². The highest BCUT2D eigenvalue weighted by molar-refractivity contribution is 6.39. The van der Waals surface area contributed by atoms with Gasteiger partial charge in [0.25, 0.3) is 11.8 Å². The number of amides is 4. The zero-order chi connectivity index (χ0) is 23.3. The smallest absolute Gasteiger partial charge is 0.335 e. The second kappa shape index (κ2) is 7.83. The highest BCUT2D eigenvalue weighted by atomic mass is 35.5. The van der Waals surface area contributed by atoms with E-state index in [0.29, 0.717) is 22.1 Å². The molecule has 0 saturated carbocycles. The highest BCUT2D eigenvalue weighted by Gasteiger charge is 2.37. The number of rotatable bonds is 3. The van der Waals surface area contributed by atoms with Crippen molar-refractivity contribution in [1.29, 1.82) is 0 Å². The van der Waals surface area contributed by atoms with Gasteiger partial charge in [-0.15, -0.1) is 0 Å². The highest BCUT2D eigenvalue weighted by Crippen LogP contribution is 2.36. The number of fused-ring (bicyclic) bond motifs is 1. The van der Waals surface area contributed by atoms with Crippen LogP contribution in [0.4, 0.5) is 10.5 Å². The molecule has 1 saturated heterocycles. The molecule has 2 aliphatic rings. The van der Waals surface area contributed by atoms with Crippen LogP contribution in [0.1, 0.15) is 17.0 Å². The number of imide groups is 2. The molecule has 0 atom stereocenters. The molecular formula is C24H18ClN3O5. The largest absolute Gasteiger partial charge is 0.454 e. The maximum Gasteiger partial charge on any atom is 0.335 e. The molecule has 1 aromatic heterocycles. The molecule has 0 radical (unpaired) electrons. The summed E-state index contributed by atoms with van der Waals surface area (Å²) in [7, 11) is 0. The lowest BCUT2D eigenvalue weighted by Crippen LogP contribution is -2.54. The number of anilines is 1. The molecule has 0 bridgehead atoms. The molecule has 0 aliphatic carbocycles. The molecule has 1 N–H and O–H groups in total. The van der Waals surface area contributed by atoms with Crippen LogP contribution in [-0.2, 0) is 9.59 Å². The van der Waals surface area contributed by atoms with Gasteiger partial charge in [0.15, 0.2) is 11.5 Å². The Bertz CT molecular complexity index is 1360. The summed E-state index contributed by atoms with van der Waals surface area (Å²) in [6, 6.07) is 13.1. The van der Waals surface area contributed by atoms with Crippen LogP contribution in [0.15, 0.2) is 54.1 Å². The quantitative estimate of drug-likeness (QED) is 0.465. The van der Waals surface area contributed by atoms with Crippen LogP contribution in [0, 0.1) is 13.8 Å². The number of hydrogen-bond donors (Lipinski definition) is 1. The van der Waals surface area contributed by atoms with E-state index >= 15 is 0 Å². The van der Waals surface area contributed by atoms with Crippen molar-refractivity contribution >= 4 is 41.2 Å². The molecule has 33 heavy (non-hydrogen) atoms. The van der Waals surface area contributed by atoms with Crippen molar-refractivity contribution < 1.29 is 23.9 Å². The Labute approximate surface area is 194 Å². The van der Waals surface area contributed by atoms with Crippen molar-refractivity contribution in [3.63, 3.8) is 0 Å². The second-order valence-electron chi connectivity index (χ2n) is 7.63. The van der Waals surface area contributed by atoms with Crippen molar-refractivity contribution in [2.24, 2.45) is 0 Å². The summed E-state index contributed by atoms with van der Waals surface area (Å²) in [6.45, 7) is 3.88. The number of urea groups is 1. The number of benzene rings is 2. The molecule has 8 nitrogen and oxygen atoms in total. The molecule has 4 amide bonds. The third-order valence-corrected chi connectivity index (χ3v) is 5.82. The Morgan fingerprint density at radius 3 is 2.39 bits per heavy atom. The average Bonchev–Trinajstić information content (AvgIpc) is 3.35. The van der Waals surface area contributed by atoms with Crippen LogP contribution in [0.5, 0.6) is 11.5 Å². The topological polar surface area (TPSA) is 89.9 Å². The van der Waals surface area contributed by atoms with Crippen LogP contribution < -0.4 is 19.7 Å². The number of halogens is 1. The van der Waals surface area contributed by atoms with Crippen molar-refractivity contribution in [3.8, 4) is 17.2 Å². The molecule has 3 aromatic rings. The molecule has 1 fully saturated rings. The number of carbonyl (C=O) groups is 3. The van der Waals surface area contributed by atoms with Crippen LogP contribution in [-0.4, -0.2) is 29.2 Å². The summed E-state index contributed by atoms with van der Waals surface area (Å²) in [4.78, 5) is 39.2. The van der Waals surface area contributed by atoms with E-state index in [1.54, 1.807) is 24.3 Å². The van der Waals surface area contributed by atoms with Gasteiger partial charge in [0.05, 0.1) is 5.69 Å². The van der Waals surface area contributed by atoms with Crippen molar-refractivity contribution in [3.05, 3.63) is 76.1 Å². The lowest BCUT2D eigenvalue weighted by atomic mass is 10.1. The predicted octanol–water partition coefficient (Wildman–Crippen LogP) is 4.14. The van der Waals surface area contributed by atoms with Gasteiger partial charge in [0, 0.05) is 28.2 Å². The van der Waals surface area contributed by atoms with E-state index in [4.69, 9.17) is 21.1 Å². The Kier molecular flexibility index (Phi) is 4.94. The Balaban J connectivity index is 1.53. The first kappa shape index (κ1) is 20.8. The normalized spacial score (nSPS) is 16.5. The predicted molar refractivity (Wildman–Crippen MR) is 122 cm³/mol. The summed E-state index contributed by atoms with van der Waals surface area (Å²) in [5, 5.41) is 2.87. The number of ether oxygens (including phenoxy) is 2. The average molecular weight is 464 g/mol. The first-order chi connectivity index (χ1) is 15.8. The standard InChI is InChI=1S/C24H18ClN3O5/c1-13-9-15(14(2)27(13)17-5-3-16(25)4-6-17)10-19-22(29)26-24(31)28(23(19)30)18-7-8-20-21(11-18)33-12-32-20/h3-11H,12H2,1-2H3,(H,26,29,31)/b19-10+. The van der Waals surface area contributed by atoms with Crippen molar-refractivity contribution in [2.45, 2.75) is 13.8 Å². The first-order valence-electron chi connectivity index (χ1n) is 10.1. The molecule has 3 heterocycles. The van der Waals surface area contributed by atoms with E-state index in [1.165, 1.54) is 12.1 Å². The van der Waals surface area contributed by atoms with E-state index in [-0.39, 0.29) is 18.1 Å². The maximum absolute atomic E-state index is 13.2. The third-order valence-electron chi connectivity index (χ3n) is 5.57. The maximum atomic E-state index is 13.2.